The number of rotatable bonds is 7. The maximum atomic E-state index is 13.4. The molecule has 0 fully saturated rings. The Labute approximate surface area is 195 Å². The maximum Gasteiger partial charge on any atom is 0.240 e. The Balaban J connectivity index is 1.68. The molecule has 0 saturated carbocycles. The standard InChI is InChI=1S/C22H24ClN5O3S/c1-4-6-18-25-26-22-28(18)27-19(13-9-10-17(31-3)16(23)11-13)20(32-22)21(29)24-14-7-5-8-15(12-14)30-2/h5,7-12,19-20,27H,4,6H2,1-3H3,(H,24,29). The van der Waals surface area contributed by atoms with Crippen LogP contribution in [0.5, 0.6) is 11.5 Å². The van der Waals surface area contributed by atoms with E-state index in [2.05, 4.69) is 27.9 Å². The predicted molar refractivity (Wildman–Crippen MR) is 125 cm³/mol. The van der Waals surface area contributed by atoms with Crippen LogP contribution in [0.15, 0.2) is 47.6 Å². The van der Waals surface area contributed by atoms with Gasteiger partial charge >= 0.3 is 0 Å². The van der Waals surface area contributed by atoms with Crippen LogP contribution in [0.1, 0.15) is 30.8 Å². The summed E-state index contributed by atoms with van der Waals surface area (Å²) in [4.78, 5) is 13.4. The van der Waals surface area contributed by atoms with E-state index in [0.717, 1.165) is 24.2 Å². The number of hydrogen-bond acceptors (Lipinski definition) is 7. The average molecular weight is 474 g/mol. The number of aryl methyl sites for hydroxylation is 1. The molecule has 2 aromatic carbocycles. The molecule has 1 aliphatic rings. The number of methoxy groups -OCH3 is 2. The van der Waals surface area contributed by atoms with Crippen LogP contribution in [0.2, 0.25) is 5.02 Å². The number of aromatic nitrogens is 3. The summed E-state index contributed by atoms with van der Waals surface area (Å²) in [5, 5.41) is 12.2. The molecule has 0 radical (unpaired) electrons. The molecule has 0 bridgehead atoms. The molecule has 1 aromatic heterocycles. The first kappa shape index (κ1) is 22.3. The van der Waals surface area contributed by atoms with E-state index in [1.54, 1.807) is 26.4 Å². The number of fused-ring (bicyclic) bond motifs is 1. The number of carbonyl (C=O) groups excluding carboxylic acids is 1. The monoisotopic (exact) mass is 473 g/mol. The number of halogens is 1. The van der Waals surface area contributed by atoms with Crippen LogP contribution < -0.4 is 20.2 Å². The van der Waals surface area contributed by atoms with Crippen molar-refractivity contribution in [3.63, 3.8) is 0 Å². The van der Waals surface area contributed by atoms with Crippen LogP contribution in [-0.2, 0) is 11.2 Å². The third-order valence-corrected chi connectivity index (χ3v) is 6.62. The second-order valence-corrected chi connectivity index (χ2v) is 8.76. The SMILES string of the molecule is CCCc1nnc2n1NC(c1ccc(OC)c(Cl)c1)C(C(=O)Nc1cccc(OC)c1)S2. The number of amides is 1. The summed E-state index contributed by atoms with van der Waals surface area (Å²) in [5.74, 6) is 1.90. The largest absolute Gasteiger partial charge is 0.497 e. The van der Waals surface area contributed by atoms with E-state index in [-0.39, 0.29) is 11.9 Å². The van der Waals surface area contributed by atoms with E-state index in [4.69, 9.17) is 21.1 Å². The molecule has 0 saturated heterocycles. The van der Waals surface area contributed by atoms with Crippen molar-refractivity contribution >= 4 is 35.0 Å². The Bertz CT molecular complexity index is 1120. The quantitative estimate of drug-likeness (QED) is 0.528. The Kier molecular flexibility index (Phi) is 6.76. The smallest absolute Gasteiger partial charge is 0.240 e. The highest BCUT2D eigenvalue weighted by molar-refractivity contribution is 8.00. The molecular formula is C22H24ClN5O3S. The summed E-state index contributed by atoms with van der Waals surface area (Å²) in [5.41, 5.74) is 4.95. The number of anilines is 1. The second-order valence-electron chi connectivity index (χ2n) is 7.24. The van der Waals surface area contributed by atoms with Crippen molar-refractivity contribution in [1.29, 1.82) is 0 Å². The van der Waals surface area contributed by atoms with Gasteiger partial charge in [-0.25, -0.2) is 4.68 Å². The molecule has 3 aromatic rings. The van der Waals surface area contributed by atoms with Gasteiger partial charge in [0.15, 0.2) is 5.82 Å². The first-order valence-electron chi connectivity index (χ1n) is 10.2. The van der Waals surface area contributed by atoms with E-state index >= 15 is 0 Å². The van der Waals surface area contributed by atoms with Crippen molar-refractivity contribution in [3.8, 4) is 11.5 Å². The van der Waals surface area contributed by atoms with Gasteiger partial charge in [-0.05, 0) is 36.2 Å². The van der Waals surface area contributed by atoms with Gasteiger partial charge in [0, 0.05) is 18.2 Å². The molecule has 0 spiro atoms. The van der Waals surface area contributed by atoms with E-state index in [0.29, 0.717) is 27.4 Å². The highest BCUT2D eigenvalue weighted by Gasteiger charge is 2.38. The Morgan fingerprint density at radius 1 is 1.22 bits per heavy atom. The molecular weight excluding hydrogens is 450 g/mol. The molecule has 2 atom stereocenters. The normalized spacial score (nSPS) is 17.2. The maximum absolute atomic E-state index is 13.4. The fraction of sp³-hybridized carbons (Fsp3) is 0.318. The molecule has 2 unspecified atom stereocenters. The highest BCUT2D eigenvalue weighted by Crippen LogP contribution is 2.39. The van der Waals surface area contributed by atoms with Crippen molar-refractivity contribution < 1.29 is 14.3 Å². The predicted octanol–water partition coefficient (Wildman–Crippen LogP) is 4.30. The zero-order valence-corrected chi connectivity index (χ0v) is 19.5. The van der Waals surface area contributed by atoms with E-state index < -0.39 is 5.25 Å². The summed E-state index contributed by atoms with van der Waals surface area (Å²) in [6.45, 7) is 2.09. The summed E-state index contributed by atoms with van der Waals surface area (Å²) in [6.07, 6.45) is 1.71. The molecule has 1 aliphatic heterocycles. The molecule has 168 valence electrons. The van der Waals surface area contributed by atoms with Crippen molar-refractivity contribution in [2.45, 2.75) is 36.2 Å². The molecule has 4 rings (SSSR count). The molecule has 10 heteroatoms. The molecule has 32 heavy (non-hydrogen) atoms. The van der Waals surface area contributed by atoms with Gasteiger partial charge in [0.1, 0.15) is 16.7 Å². The van der Waals surface area contributed by atoms with E-state index in [1.807, 2.05) is 35.0 Å². The fourth-order valence-electron chi connectivity index (χ4n) is 3.52. The Morgan fingerprint density at radius 2 is 2.06 bits per heavy atom. The van der Waals surface area contributed by atoms with Gasteiger partial charge in [-0.2, -0.15) is 0 Å². The lowest BCUT2D eigenvalue weighted by molar-refractivity contribution is -0.116. The van der Waals surface area contributed by atoms with Crippen LogP contribution >= 0.6 is 23.4 Å². The van der Waals surface area contributed by atoms with Crippen molar-refractivity contribution in [3.05, 3.63) is 58.9 Å². The van der Waals surface area contributed by atoms with E-state index in [1.165, 1.54) is 11.8 Å². The van der Waals surface area contributed by atoms with E-state index in [9.17, 15) is 4.79 Å². The molecule has 8 nitrogen and oxygen atoms in total. The molecule has 2 N–H and O–H groups in total. The van der Waals surface area contributed by atoms with Crippen molar-refractivity contribution in [1.82, 2.24) is 14.9 Å². The van der Waals surface area contributed by atoms with Gasteiger partial charge in [-0.3, -0.25) is 4.79 Å². The van der Waals surface area contributed by atoms with Crippen LogP contribution in [0.4, 0.5) is 5.69 Å². The van der Waals surface area contributed by atoms with Gasteiger partial charge in [0.25, 0.3) is 0 Å². The third-order valence-electron chi connectivity index (χ3n) is 5.11. The van der Waals surface area contributed by atoms with Gasteiger partial charge < -0.3 is 20.2 Å². The second kappa shape index (κ2) is 9.70. The van der Waals surface area contributed by atoms with Crippen LogP contribution in [0, 0.1) is 0 Å². The van der Waals surface area contributed by atoms with Gasteiger partial charge in [0.05, 0.1) is 25.3 Å². The topological polar surface area (TPSA) is 90.3 Å². The minimum Gasteiger partial charge on any atom is -0.497 e. The molecule has 0 aliphatic carbocycles. The van der Waals surface area contributed by atoms with Gasteiger partial charge in [-0.1, -0.05) is 42.4 Å². The Hall–Kier alpha value is -2.91. The minimum atomic E-state index is -0.517. The molecule has 1 amide bonds. The first-order chi connectivity index (χ1) is 15.5. The fourth-order valence-corrected chi connectivity index (χ4v) is 4.89. The van der Waals surface area contributed by atoms with Gasteiger partial charge in [-0.15, -0.1) is 10.2 Å². The lowest BCUT2D eigenvalue weighted by Crippen LogP contribution is -2.41. The van der Waals surface area contributed by atoms with Gasteiger partial charge in [0.2, 0.25) is 11.1 Å². The lowest BCUT2D eigenvalue weighted by Gasteiger charge is -2.33. The van der Waals surface area contributed by atoms with Crippen LogP contribution in [0.3, 0.4) is 0 Å². The number of thioether (sulfide) groups is 1. The summed E-state index contributed by atoms with van der Waals surface area (Å²) < 4.78 is 12.4. The number of carbonyl (C=O) groups is 1. The number of nitrogens with zero attached hydrogens (tertiary/aromatic N) is 3. The molecule has 2 heterocycles. The van der Waals surface area contributed by atoms with Crippen LogP contribution in [0.25, 0.3) is 0 Å². The number of nitrogens with one attached hydrogen (secondary N) is 2. The zero-order valence-electron chi connectivity index (χ0n) is 18.0. The lowest BCUT2D eigenvalue weighted by atomic mass is 10.0. The highest BCUT2D eigenvalue weighted by atomic mass is 35.5. The third kappa shape index (κ3) is 4.49. The summed E-state index contributed by atoms with van der Waals surface area (Å²) in [6, 6.07) is 12.4. The van der Waals surface area contributed by atoms with Crippen molar-refractivity contribution in [2.75, 3.05) is 25.0 Å². The number of hydrogen-bond donors (Lipinski definition) is 2. The van der Waals surface area contributed by atoms with Crippen LogP contribution in [-0.4, -0.2) is 40.3 Å². The number of benzene rings is 2. The summed E-state index contributed by atoms with van der Waals surface area (Å²) >= 11 is 7.76. The zero-order chi connectivity index (χ0) is 22.7. The summed E-state index contributed by atoms with van der Waals surface area (Å²) in [7, 11) is 3.16. The van der Waals surface area contributed by atoms with Crippen molar-refractivity contribution in [2.24, 2.45) is 0 Å². The minimum absolute atomic E-state index is 0.168. The average Bonchev–Trinajstić information content (AvgIpc) is 3.20. The Morgan fingerprint density at radius 3 is 2.78 bits per heavy atom. The number of ether oxygens (including phenoxy) is 2. The first-order valence-corrected chi connectivity index (χ1v) is 11.5.